The van der Waals surface area contributed by atoms with Gasteiger partial charge in [-0.3, -0.25) is 4.90 Å². The van der Waals surface area contributed by atoms with Crippen LogP contribution in [0.4, 0.5) is 16.2 Å². The normalized spacial score (nSPS) is 9.93. The number of esters is 1. The van der Waals surface area contributed by atoms with E-state index in [1.807, 2.05) is 30.3 Å². The average Bonchev–Trinajstić information content (AvgIpc) is 2.68. The molecule has 0 saturated heterocycles. The van der Waals surface area contributed by atoms with Crippen LogP contribution in [0.3, 0.4) is 0 Å². The molecule has 0 aliphatic carbocycles. The standard InChI is InChI=1S/C21H22N2O4/c1-3-10-23(21(25)27-15-16-8-6-5-7-9-16)19-13-17(12-18(22)14-19)20(24)26-11-4-2/h3-9,12-14H,1-2,10-11,15,22H2. The number of nitrogens with two attached hydrogens (primary N) is 1. The van der Waals surface area contributed by atoms with Gasteiger partial charge in [-0.2, -0.15) is 0 Å². The number of nitrogen functional groups attached to an aromatic ring is 1. The van der Waals surface area contributed by atoms with Crippen LogP contribution < -0.4 is 10.6 Å². The number of carbonyl (C=O) groups is 2. The van der Waals surface area contributed by atoms with Crippen LogP contribution in [0.15, 0.2) is 73.8 Å². The van der Waals surface area contributed by atoms with Crippen LogP contribution in [0.25, 0.3) is 0 Å². The molecule has 0 saturated carbocycles. The third-order valence-electron chi connectivity index (χ3n) is 3.56. The van der Waals surface area contributed by atoms with Gasteiger partial charge in [0.15, 0.2) is 0 Å². The molecule has 0 spiro atoms. The van der Waals surface area contributed by atoms with Crippen molar-refractivity contribution in [1.29, 1.82) is 0 Å². The van der Waals surface area contributed by atoms with E-state index in [0.717, 1.165) is 5.56 Å². The molecule has 140 valence electrons. The van der Waals surface area contributed by atoms with E-state index in [4.69, 9.17) is 15.2 Å². The quantitative estimate of drug-likeness (QED) is 0.435. The Morgan fingerprint density at radius 3 is 2.44 bits per heavy atom. The largest absolute Gasteiger partial charge is 0.458 e. The Balaban J connectivity index is 2.20. The number of nitrogens with zero attached hydrogens (tertiary/aromatic N) is 1. The summed E-state index contributed by atoms with van der Waals surface area (Å²) >= 11 is 0. The predicted molar refractivity (Wildman–Crippen MR) is 106 cm³/mol. The van der Waals surface area contributed by atoms with Crippen molar-refractivity contribution in [3.63, 3.8) is 0 Å². The van der Waals surface area contributed by atoms with Crippen molar-refractivity contribution >= 4 is 23.4 Å². The number of carbonyl (C=O) groups excluding carboxylic acids is 2. The third-order valence-corrected chi connectivity index (χ3v) is 3.56. The van der Waals surface area contributed by atoms with Crippen molar-refractivity contribution in [2.24, 2.45) is 0 Å². The molecule has 0 heterocycles. The highest BCUT2D eigenvalue weighted by Crippen LogP contribution is 2.23. The Morgan fingerprint density at radius 1 is 1.04 bits per heavy atom. The number of ether oxygens (including phenoxy) is 2. The molecule has 27 heavy (non-hydrogen) atoms. The molecule has 0 fully saturated rings. The molecule has 0 aromatic heterocycles. The summed E-state index contributed by atoms with van der Waals surface area (Å²) in [6.45, 7) is 7.57. The molecule has 2 rings (SSSR count). The number of benzene rings is 2. The highest BCUT2D eigenvalue weighted by atomic mass is 16.6. The first-order valence-electron chi connectivity index (χ1n) is 8.33. The molecule has 6 nitrogen and oxygen atoms in total. The van der Waals surface area contributed by atoms with E-state index in [1.165, 1.54) is 23.1 Å². The number of hydrogen-bond donors (Lipinski definition) is 1. The van der Waals surface area contributed by atoms with Gasteiger partial charge in [0, 0.05) is 12.2 Å². The summed E-state index contributed by atoms with van der Waals surface area (Å²) in [7, 11) is 0. The molecule has 1 amide bonds. The van der Waals surface area contributed by atoms with Gasteiger partial charge in [0.2, 0.25) is 0 Å². The minimum Gasteiger partial charge on any atom is -0.458 e. The van der Waals surface area contributed by atoms with E-state index in [2.05, 4.69) is 13.2 Å². The van der Waals surface area contributed by atoms with E-state index < -0.39 is 12.1 Å². The van der Waals surface area contributed by atoms with Gasteiger partial charge in [0.05, 0.1) is 11.3 Å². The van der Waals surface area contributed by atoms with Crippen molar-refractivity contribution in [2.75, 3.05) is 23.8 Å². The number of hydrogen-bond acceptors (Lipinski definition) is 5. The highest BCUT2D eigenvalue weighted by molar-refractivity contribution is 5.95. The summed E-state index contributed by atoms with van der Waals surface area (Å²) in [5.41, 5.74) is 7.73. The molecule has 2 aromatic carbocycles. The van der Waals surface area contributed by atoms with Gasteiger partial charge in [0.1, 0.15) is 13.2 Å². The monoisotopic (exact) mass is 366 g/mol. The van der Waals surface area contributed by atoms with Crippen molar-refractivity contribution < 1.29 is 19.1 Å². The van der Waals surface area contributed by atoms with Crippen LogP contribution in [0, 0.1) is 0 Å². The summed E-state index contributed by atoms with van der Waals surface area (Å²) in [5.74, 6) is -0.556. The highest BCUT2D eigenvalue weighted by Gasteiger charge is 2.19. The fourth-order valence-electron chi connectivity index (χ4n) is 2.34. The molecular formula is C21H22N2O4. The maximum Gasteiger partial charge on any atom is 0.414 e. The van der Waals surface area contributed by atoms with Gasteiger partial charge >= 0.3 is 12.1 Å². The molecular weight excluding hydrogens is 344 g/mol. The van der Waals surface area contributed by atoms with Crippen molar-refractivity contribution in [1.82, 2.24) is 0 Å². The minimum absolute atomic E-state index is 0.0818. The van der Waals surface area contributed by atoms with E-state index in [9.17, 15) is 9.59 Å². The Bertz CT molecular complexity index is 818. The summed E-state index contributed by atoms with van der Waals surface area (Å²) < 4.78 is 10.4. The van der Waals surface area contributed by atoms with Gasteiger partial charge in [-0.05, 0) is 23.8 Å². The number of anilines is 2. The molecule has 0 unspecified atom stereocenters. The van der Waals surface area contributed by atoms with Crippen LogP contribution in [-0.2, 0) is 16.1 Å². The first-order valence-corrected chi connectivity index (χ1v) is 8.33. The summed E-state index contributed by atoms with van der Waals surface area (Å²) in [6, 6.07) is 13.9. The molecule has 0 radical (unpaired) electrons. The zero-order chi connectivity index (χ0) is 19.6. The SMILES string of the molecule is C=CCOC(=O)c1cc(N)cc(N(CC=C)C(=O)OCc2ccccc2)c1. The number of rotatable bonds is 8. The van der Waals surface area contributed by atoms with Crippen LogP contribution in [0.1, 0.15) is 15.9 Å². The van der Waals surface area contributed by atoms with Gasteiger partial charge in [-0.15, -0.1) is 6.58 Å². The first kappa shape index (κ1) is 19.8. The Hall–Kier alpha value is -3.54. The van der Waals surface area contributed by atoms with E-state index in [0.29, 0.717) is 11.4 Å². The molecule has 0 atom stereocenters. The molecule has 2 aromatic rings. The third kappa shape index (κ3) is 5.74. The van der Waals surface area contributed by atoms with Crippen molar-refractivity contribution in [2.45, 2.75) is 6.61 Å². The van der Waals surface area contributed by atoms with E-state index >= 15 is 0 Å². The summed E-state index contributed by atoms with van der Waals surface area (Å²) in [6.07, 6.45) is 2.45. The maximum atomic E-state index is 12.6. The average molecular weight is 366 g/mol. The fraction of sp³-hybridized carbons (Fsp3) is 0.143. The zero-order valence-electron chi connectivity index (χ0n) is 15.0. The van der Waals surface area contributed by atoms with Gasteiger partial charge in [-0.1, -0.05) is 49.1 Å². The minimum atomic E-state index is -0.574. The smallest absolute Gasteiger partial charge is 0.414 e. The lowest BCUT2D eigenvalue weighted by Crippen LogP contribution is -2.31. The second-order valence-corrected chi connectivity index (χ2v) is 5.64. The first-order chi connectivity index (χ1) is 13.0. The Labute approximate surface area is 158 Å². The van der Waals surface area contributed by atoms with Crippen LogP contribution in [0.5, 0.6) is 0 Å². The van der Waals surface area contributed by atoms with Crippen LogP contribution in [-0.4, -0.2) is 25.2 Å². The topological polar surface area (TPSA) is 81.9 Å². The van der Waals surface area contributed by atoms with E-state index in [1.54, 1.807) is 12.1 Å². The molecule has 0 bridgehead atoms. The van der Waals surface area contributed by atoms with Crippen LogP contribution in [0.2, 0.25) is 0 Å². The lowest BCUT2D eigenvalue weighted by Gasteiger charge is -2.22. The number of amides is 1. The van der Waals surface area contributed by atoms with Crippen molar-refractivity contribution in [3.05, 3.63) is 85.0 Å². The zero-order valence-corrected chi connectivity index (χ0v) is 15.0. The Morgan fingerprint density at radius 2 is 1.78 bits per heavy atom. The fourth-order valence-corrected chi connectivity index (χ4v) is 2.34. The van der Waals surface area contributed by atoms with Gasteiger partial charge in [-0.25, -0.2) is 9.59 Å². The van der Waals surface area contributed by atoms with Crippen molar-refractivity contribution in [3.8, 4) is 0 Å². The van der Waals surface area contributed by atoms with Gasteiger partial charge in [0.25, 0.3) is 0 Å². The molecule has 0 aliphatic heterocycles. The lowest BCUT2D eigenvalue weighted by atomic mass is 10.1. The van der Waals surface area contributed by atoms with E-state index in [-0.39, 0.29) is 25.3 Å². The van der Waals surface area contributed by atoms with Crippen LogP contribution >= 0.6 is 0 Å². The second-order valence-electron chi connectivity index (χ2n) is 5.64. The second kappa shape index (κ2) is 9.82. The predicted octanol–water partition coefficient (Wildman–Crippen LogP) is 3.94. The summed E-state index contributed by atoms with van der Waals surface area (Å²) in [4.78, 5) is 26.0. The molecule has 0 aliphatic rings. The van der Waals surface area contributed by atoms with Gasteiger partial charge < -0.3 is 15.2 Å². The summed E-state index contributed by atoms with van der Waals surface area (Å²) in [5, 5.41) is 0. The Kier molecular flexibility index (Phi) is 7.19. The lowest BCUT2D eigenvalue weighted by molar-refractivity contribution is 0.0549. The molecule has 2 N–H and O–H groups in total. The molecule has 6 heteroatoms. The maximum absolute atomic E-state index is 12.6.